The Morgan fingerprint density at radius 3 is 1.81 bits per heavy atom. The summed E-state index contributed by atoms with van der Waals surface area (Å²) in [5.74, 6) is -0.324. The highest BCUT2D eigenvalue weighted by Crippen LogP contribution is 2.22. The summed E-state index contributed by atoms with van der Waals surface area (Å²) >= 11 is 0. The Labute approximate surface area is 168 Å². The van der Waals surface area contributed by atoms with E-state index in [1.807, 2.05) is 27.7 Å². The van der Waals surface area contributed by atoms with Gasteiger partial charge in [0.1, 0.15) is 0 Å². The maximum Gasteiger partial charge on any atom is 0.501 e. The van der Waals surface area contributed by atoms with Crippen LogP contribution in [0.4, 0.5) is 0 Å². The van der Waals surface area contributed by atoms with E-state index < -0.39 is 8.80 Å². The predicted octanol–water partition coefficient (Wildman–Crippen LogP) is 5.66. The van der Waals surface area contributed by atoms with Crippen LogP contribution in [0.2, 0.25) is 6.04 Å². The van der Waals surface area contributed by atoms with Crippen LogP contribution in [-0.4, -0.2) is 40.7 Å². The first kappa shape index (κ1) is 26.3. The molecular weight excluding hydrogens is 360 g/mol. The van der Waals surface area contributed by atoms with Crippen LogP contribution in [0.5, 0.6) is 0 Å². The van der Waals surface area contributed by atoms with Gasteiger partial charge in [-0.05, 0) is 40.5 Å². The number of unbranched alkanes of at least 4 members (excludes halogenated alkanes) is 8. The molecule has 0 aliphatic rings. The van der Waals surface area contributed by atoms with Crippen LogP contribution in [0.25, 0.3) is 0 Å². The topological polar surface area (TPSA) is 54.0 Å². The third-order valence-corrected chi connectivity index (χ3v) is 7.44. The van der Waals surface area contributed by atoms with Gasteiger partial charge < -0.3 is 18.0 Å². The zero-order valence-corrected chi connectivity index (χ0v) is 19.1. The van der Waals surface area contributed by atoms with Crippen LogP contribution in [-0.2, 0) is 22.8 Å². The van der Waals surface area contributed by atoms with Crippen molar-refractivity contribution in [1.82, 2.24) is 0 Å². The number of hydrogen-bond donors (Lipinski definition) is 0. The highest BCUT2D eigenvalue weighted by atomic mass is 28.4. The van der Waals surface area contributed by atoms with Crippen molar-refractivity contribution in [2.75, 3.05) is 19.8 Å². The zero-order valence-electron chi connectivity index (χ0n) is 18.1. The third kappa shape index (κ3) is 15.0. The molecule has 0 radical (unpaired) electrons. The summed E-state index contributed by atoms with van der Waals surface area (Å²) in [6.45, 7) is 13.3. The summed E-state index contributed by atoms with van der Waals surface area (Å²) in [7, 11) is -2.51. The standard InChI is InChI=1S/C21H42O5Si/c1-6-21(22)23-18-16-14-12-10-9-11-13-15-17-19-27(24-7-2,25-8-3)26-20(4)5/h6,20H,1,7-19H2,2-5H3. The van der Waals surface area contributed by atoms with Crippen LogP contribution in [0.1, 0.15) is 85.5 Å². The minimum atomic E-state index is -2.51. The van der Waals surface area contributed by atoms with E-state index in [2.05, 4.69) is 6.58 Å². The Morgan fingerprint density at radius 1 is 0.889 bits per heavy atom. The SMILES string of the molecule is C=CC(=O)OCCCCCCCCCCC[Si](OCC)(OCC)OC(C)C. The Balaban J connectivity index is 3.72. The zero-order chi connectivity index (χ0) is 20.4. The van der Waals surface area contributed by atoms with Gasteiger partial charge in [-0.15, -0.1) is 0 Å². The lowest BCUT2D eigenvalue weighted by Gasteiger charge is -2.30. The van der Waals surface area contributed by atoms with Gasteiger partial charge >= 0.3 is 14.8 Å². The molecular formula is C21H42O5Si. The van der Waals surface area contributed by atoms with Crippen molar-refractivity contribution in [1.29, 1.82) is 0 Å². The maximum absolute atomic E-state index is 10.9. The lowest BCUT2D eigenvalue weighted by Crippen LogP contribution is -2.47. The van der Waals surface area contributed by atoms with E-state index in [1.165, 1.54) is 44.6 Å². The highest BCUT2D eigenvalue weighted by Gasteiger charge is 2.40. The Hall–Kier alpha value is -0.693. The number of rotatable bonds is 19. The van der Waals surface area contributed by atoms with E-state index in [9.17, 15) is 4.79 Å². The molecule has 0 bridgehead atoms. The third-order valence-electron chi connectivity index (χ3n) is 4.18. The molecule has 27 heavy (non-hydrogen) atoms. The molecule has 0 aliphatic heterocycles. The van der Waals surface area contributed by atoms with E-state index in [0.29, 0.717) is 19.8 Å². The van der Waals surface area contributed by atoms with E-state index in [0.717, 1.165) is 25.3 Å². The molecule has 0 fully saturated rings. The normalized spacial score (nSPS) is 11.7. The fourth-order valence-corrected chi connectivity index (χ4v) is 5.93. The van der Waals surface area contributed by atoms with Crippen molar-refractivity contribution in [3.63, 3.8) is 0 Å². The van der Waals surface area contributed by atoms with Crippen LogP contribution in [0.3, 0.4) is 0 Å². The van der Waals surface area contributed by atoms with Gasteiger partial charge in [0.25, 0.3) is 0 Å². The molecule has 0 unspecified atom stereocenters. The smallest absolute Gasteiger partial charge is 0.463 e. The Morgan fingerprint density at radius 2 is 1.37 bits per heavy atom. The van der Waals surface area contributed by atoms with Gasteiger partial charge in [-0.1, -0.05) is 51.5 Å². The van der Waals surface area contributed by atoms with Crippen molar-refractivity contribution in [2.45, 2.75) is 97.6 Å². The molecule has 5 nitrogen and oxygen atoms in total. The van der Waals surface area contributed by atoms with Gasteiger partial charge in [0, 0.05) is 31.4 Å². The summed E-state index contributed by atoms with van der Waals surface area (Å²) in [5, 5.41) is 0. The van der Waals surface area contributed by atoms with Crippen LogP contribution in [0.15, 0.2) is 12.7 Å². The first-order valence-corrected chi connectivity index (χ1v) is 12.7. The van der Waals surface area contributed by atoms with Crippen LogP contribution < -0.4 is 0 Å². The monoisotopic (exact) mass is 402 g/mol. The van der Waals surface area contributed by atoms with E-state index in [1.54, 1.807) is 0 Å². The summed E-state index contributed by atoms with van der Waals surface area (Å²) in [6.07, 6.45) is 12.0. The fourth-order valence-electron chi connectivity index (χ4n) is 3.02. The molecule has 0 rings (SSSR count). The van der Waals surface area contributed by atoms with Crippen molar-refractivity contribution in [3.05, 3.63) is 12.7 Å². The molecule has 0 amide bonds. The first-order valence-electron chi connectivity index (χ1n) is 10.7. The molecule has 0 spiro atoms. The second-order valence-electron chi connectivity index (χ2n) is 7.02. The van der Waals surface area contributed by atoms with Gasteiger partial charge in [-0.3, -0.25) is 0 Å². The lowest BCUT2D eigenvalue weighted by molar-refractivity contribution is -0.137. The predicted molar refractivity (Wildman–Crippen MR) is 113 cm³/mol. The second-order valence-corrected chi connectivity index (χ2v) is 9.70. The number of hydrogen-bond acceptors (Lipinski definition) is 5. The van der Waals surface area contributed by atoms with Gasteiger partial charge in [0.2, 0.25) is 0 Å². The number of ether oxygens (including phenoxy) is 1. The summed E-state index contributed by atoms with van der Waals surface area (Å²) < 4.78 is 23.0. The average Bonchev–Trinajstić information content (AvgIpc) is 2.62. The molecule has 6 heteroatoms. The summed E-state index contributed by atoms with van der Waals surface area (Å²) in [5.41, 5.74) is 0. The molecule has 0 N–H and O–H groups in total. The molecule has 0 heterocycles. The molecule has 0 aromatic heterocycles. The second kappa shape index (κ2) is 17.4. The largest absolute Gasteiger partial charge is 0.501 e. The number of esters is 1. The minimum Gasteiger partial charge on any atom is -0.463 e. The molecule has 160 valence electrons. The highest BCUT2D eigenvalue weighted by molar-refractivity contribution is 6.60. The van der Waals surface area contributed by atoms with Crippen molar-refractivity contribution in [2.24, 2.45) is 0 Å². The number of carbonyl (C=O) groups is 1. The summed E-state index contributed by atoms with van der Waals surface area (Å²) in [6, 6.07) is 0.913. The van der Waals surface area contributed by atoms with Crippen molar-refractivity contribution in [3.8, 4) is 0 Å². The maximum atomic E-state index is 10.9. The molecule has 0 aromatic carbocycles. The first-order chi connectivity index (χ1) is 13.0. The molecule has 0 aromatic rings. The van der Waals surface area contributed by atoms with Crippen LogP contribution >= 0.6 is 0 Å². The van der Waals surface area contributed by atoms with Gasteiger partial charge in [0.05, 0.1) is 6.61 Å². The summed E-state index contributed by atoms with van der Waals surface area (Å²) in [4.78, 5) is 10.9. The Kier molecular flexibility index (Phi) is 17.0. The van der Waals surface area contributed by atoms with E-state index >= 15 is 0 Å². The van der Waals surface area contributed by atoms with Gasteiger partial charge in [0.15, 0.2) is 0 Å². The van der Waals surface area contributed by atoms with Crippen molar-refractivity contribution >= 4 is 14.8 Å². The molecule has 0 saturated heterocycles. The number of carbonyl (C=O) groups excluding carboxylic acids is 1. The van der Waals surface area contributed by atoms with Crippen molar-refractivity contribution < 1.29 is 22.8 Å². The van der Waals surface area contributed by atoms with E-state index in [4.69, 9.17) is 18.0 Å². The van der Waals surface area contributed by atoms with Gasteiger partial charge in [-0.25, -0.2) is 4.79 Å². The van der Waals surface area contributed by atoms with Gasteiger partial charge in [-0.2, -0.15) is 0 Å². The fraction of sp³-hybridized carbons (Fsp3) is 0.857. The molecule has 0 aliphatic carbocycles. The Bertz CT molecular complexity index is 368. The minimum absolute atomic E-state index is 0.134. The molecule has 0 atom stereocenters. The average molecular weight is 403 g/mol. The quantitative estimate of drug-likeness (QED) is 0.121. The lowest BCUT2D eigenvalue weighted by atomic mass is 10.1. The van der Waals surface area contributed by atoms with Crippen LogP contribution in [0, 0.1) is 0 Å². The molecule has 0 saturated carbocycles. The van der Waals surface area contributed by atoms with E-state index in [-0.39, 0.29) is 12.1 Å².